The number of ether oxygens (including phenoxy) is 1. The van der Waals surface area contributed by atoms with Crippen molar-refractivity contribution < 1.29 is 4.74 Å². The van der Waals surface area contributed by atoms with Gasteiger partial charge in [-0.25, -0.2) is 4.99 Å². The van der Waals surface area contributed by atoms with Gasteiger partial charge in [0, 0.05) is 11.1 Å². The number of rotatable bonds is 5. The van der Waals surface area contributed by atoms with Gasteiger partial charge in [-0.3, -0.25) is 0 Å². The van der Waals surface area contributed by atoms with Gasteiger partial charge in [-0.15, -0.1) is 0 Å². The van der Waals surface area contributed by atoms with Gasteiger partial charge in [0.1, 0.15) is 6.61 Å². The van der Waals surface area contributed by atoms with Gasteiger partial charge in [0.15, 0.2) is 11.7 Å². The molecule has 1 aromatic carbocycles. The lowest BCUT2D eigenvalue weighted by atomic mass is 10.3. The van der Waals surface area contributed by atoms with Crippen molar-refractivity contribution in [3.8, 4) is 5.75 Å². The van der Waals surface area contributed by atoms with Gasteiger partial charge in [-0.05, 0) is 26.0 Å². The van der Waals surface area contributed by atoms with Crippen molar-refractivity contribution in [1.29, 1.82) is 0 Å². The van der Waals surface area contributed by atoms with Crippen LogP contribution in [-0.4, -0.2) is 25.2 Å². The van der Waals surface area contributed by atoms with Crippen LogP contribution >= 0.6 is 34.8 Å². The van der Waals surface area contributed by atoms with Crippen molar-refractivity contribution in [2.45, 2.75) is 19.9 Å². The van der Waals surface area contributed by atoms with Crippen LogP contribution in [0.3, 0.4) is 0 Å². The van der Waals surface area contributed by atoms with E-state index in [4.69, 9.17) is 45.3 Å². The zero-order valence-electron chi connectivity index (χ0n) is 10.7. The number of aliphatic imine (C=N–C) groups is 1. The molecule has 0 spiro atoms. The first kappa shape index (κ1) is 16.2. The number of halogens is 3. The van der Waals surface area contributed by atoms with Crippen LogP contribution in [0.1, 0.15) is 13.8 Å². The lowest BCUT2D eigenvalue weighted by Gasteiger charge is -2.10. The molecule has 0 heterocycles. The highest BCUT2D eigenvalue weighted by atomic mass is 35.5. The minimum atomic E-state index is 0.241. The van der Waals surface area contributed by atoms with Crippen molar-refractivity contribution in [3.63, 3.8) is 0 Å². The van der Waals surface area contributed by atoms with E-state index in [1.165, 1.54) is 0 Å². The van der Waals surface area contributed by atoms with Crippen molar-refractivity contribution in [1.82, 2.24) is 5.32 Å². The summed E-state index contributed by atoms with van der Waals surface area (Å²) >= 11 is 17.8. The molecule has 0 unspecified atom stereocenters. The summed E-state index contributed by atoms with van der Waals surface area (Å²) in [4.78, 5) is 4.10. The summed E-state index contributed by atoms with van der Waals surface area (Å²) in [5.41, 5.74) is 5.65. The van der Waals surface area contributed by atoms with E-state index in [2.05, 4.69) is 10.3 Å². The van der Waals surface area contributed by atoms with Crippen LogP contribution in [0.4, 0.5) is 0 Å². The fourth-order valence-electron chi connectivity index (χ4n) is 1.32. The summed E-state index contributed by atoms with van der Waals surface area (Å²) in [5, 5.41) is 4.18. The predicted molar refractivity (Wildman–Crippen MR) is 81.7 cm³/mol. The Bertz CT molecular complexity index is 441. The molecule has 7 heteroatoms. The molecule has 106 valence electrons. The summed E-state index contributed by atoms with van der Waals surface area (Å²) in [5.74, 6) is 0.783. The van der Waals surface area contributed by atoms with Crippen LogP contribution in [0.5, 0.6) is 5.75 Å². The van der Waals surface area contributed by atoms with Gasteiger partial charge in [0.2, 0.25) is 0 Å². The molecule has 0 fully saturated rings. The van der Waals surface area contributed by atoms with Crippen LogP contribution in [0.15, 0.2) is 17.1 Å². The fourth-order valence-corrected chi connectivity index (χ4v) is 2.25. The Morgan fingerprint density at radius 2 is 1.89 bits per heavy atom. The minimum Gasteiger partial charge on any atom is -0.489 e. The van der Waals surface area contributed by atoms with Gasteiger partial charge in [0.05, 0.1) is 16.6 Å². The zero-order valence-corrected chi connectivity index (χ0v) is 13.0. The largest absolute Gasteiger partial charge is 0.489 e. The maximum atomic E-state index is 5.98. The highest BCUT2D eigenvalue weighted by Crippen LogP contribution is 2.35. The Morgan fingerprint density at radius 3 is 2.42 bits per heavy atom. The average Bonchev–Trinajstić information content (AvgIpc) is 2.25. The number of hydrogen-bond acceptors (Lipinski definition) is 2. The molecule has 0 aliphatic heterocycles. The number of guanidine groups is 1. The molecule has 0 aliphatic carbocycles. The molecule has 4 nitrogen and oxygen atoms in total. The highest BCUT2D eigenvalue weighted by Gasteiger charge is 2.08. The van der Waals surface area contributed by atoms with Gasteiger partial charge in [0.25, 0.3) is 0 Å². The smallest absolute Gasteiger partial charge is 0.188 e. The van der Waals surface area contributed by atoms with E-state index in [0.717, 1.165) is 0 Å². The van der Waals surface area contributed by atoms with Crippen LogP contribution in [-0.2, 0) is 0 Å². The van der Waals surface area contributed by atoms with Crippen molar-refractivity contribution >= 4 is 40.8 Å². The summed E-state index contributed by atoms with van der Waals surface area (Å²) in [7, 11) is 0. The molecule has 0 aliphatic rings. The van der Waals surface area contributed by atoms with E-state index < -0.39 is 0 Å². The molecule has 0 atom stereocenters. The molecule has 19 heavy (non-hydrogen) atoms. The van der Waals surface area contributed by atoms with Crippen LogP contribution < -0.4 is 15.8 Å². The first-order valence-corrected chi connectivity index (χ1v) is 6.87. The first-order valence-electron chi connectivity index (χ1n) is 5.74. The molecule has 0 amide bonds. The van der Waals surface area contributed by atoms with Crippen LogP contribution in [0.2, 0.25) is 15.1 Å². The third-order valence-corrected chi connectivity index (χ3v) is 2.80. The maximum absolute atomic E-state index is 5.98. The minimum absolute atomic E-state index is 0.241. The Balaban J connectivity index is 2.50. The molecule has 3 N–H and O–H groups in total. The van der Waals surface area contributed by atoms with Crippen LogP contribution in [0.25, 0.3) is 0 Å². The molecule has 0 aromatic heterocycles. The van der Waals surface area contributed by atoms with Gasteiger partial charge < -0.3 is 15.8 Å². The topological polar surface area (TPSA) is 59.6 Å². The van der Waals surface area contributed by atoms with Crippen molar-refractivity contribution in [2.24, 2.45) is 10.7 Å². The molecule has 0 radical (unpaired) electrons. The van der Waals surface area contributed by atoms with Crippen molar-refractivity contribution in [2.75, 3.05) is 13.2 Å². The normalized spacial score (nSPS) is 11.8. The maximum Gasteiger partial charge on any atom is 0.188 e. The zero-order chi connectivity index (χ0) is 14.4. The van der Waals surface area contributed by atoms with E-state index in [1.54, 1.807) is 12.1 Å². The summed E-state index contributed by atoms with van der Waals surface area (Å²) in [6, 6.07) is 3.38. The van der Waals surface area contributed by atoms with Gasteiger partial charge >= 0.3 is 0 Å². The Morgan fingerprint density at radius 1 is 1.32 bits per heavy atom. The molecular formula is C12H16Cl3N3O. The summed E-state index contributed by atoms with van der Waals surface area (Å²) in [6.45, 7) is 4.68. The van der Waals surface area contributed by atoms with Gasteiger partial charge in [-0.2, -0.15) is 0 Å². The molecule has 0 saturated heterocycles. The quantitative estimate of drug-likeness (QED) is 0.496. The Labute approximate surface area is 127 Å². The number of benzene rings is 1. The van der Waals surface area contributed by atoms with Crippen molar-refractivity contribution in [3.05, 3.63) is 27.2 Å². The second-order valence-corrected chi connectivity index (χ2v) is 5.36. The Hall–Kier alpha value is -0.840. The van der Waals surface area contributed by atoms with E-state index in [0.29, 0.717) is 39.9 Å². The van der Waals surface area contributed by atoms with Crippen LogP contribution in [0, 0.1) is 0 Å². The monoisotopic (exact) mass is 323 g/mol. The summed E-state index contributed by atoms with van der Waals surface area (Å²) in [6.07, 6.45) is 0. The lowest BCUT2D eigenvalue weighted by Crippen LogP contribution is -2.37. The standard InChI is InChI=1S/C12H16Cl3N3O/c1-7(2)18-12(16)17-3-4-19-11-9(14)5-8(13)6-10(11)15/h5-7H,3-4H2,1-2H3,(H3,16,17,18). The molecule has 1 aromatic rings. The second-order valence-electron chi connectivity index (χ2n) is 4.11. The first-order chi connectivity index (χ1) is 8.90. The number of nitrogens with zero attached hydrogens (tertiary/aromatic N) is 1. The Kier molecular flexibility index (Phi) is 6.55. The average molecular weight is 325 g/mol. The fraction of sp³-hybridized carbons (Fsp3) is 0.417. The van der Waals surface area contributed by atoms with E-state index in [-0.39, 0.29) is 6.04 Å². The lowest BCUT2D eigenvalue weighted by molar-refractivity contribution is 0.329. The second kappa shape index (κ2) is 7.68. The number of nitrogens with one attached hydrogen (secondary N) is 1. The molecular weight excluding hydrogens is 309 g/mol. The van der Waals surface area contributed by atoms with E-state index in [9.17, 15) is 0 Å². The highest BCUT2D eigenvalue weighted by molar-refractivity contribution is 6.40. The molecule has 0 bridgehead atoms. The van der Waals surface area contributed by atoms with E-state index in [1.807, 2.05) is 13.8 Å². The molecule has 0 saturated carbocycles. The SMILES string of the molecule is CC(C)NC(N)=NCCOc1c(Cl)cc(Cl)cc1Cl. The van der Waals surface area contributed by atoms with E-state index >= 15 is 0 Å². The molecule has 1 rings (SSSR count). The number of nitrogens with two attached hydrogens (primary N) is 1. The number of hydrogen-bond donors (Lipinski definition) is 2. The van der Waals surface area contributed by atoms with Gasteiger partial charge in [-0.1, -0.05) is 34.8 Å². The summed E-state index contributed by atoms with van der Waals surface area (Å²) < 4.78 is 5.46. The third kappa shape index (κ3) is 5.76. The third-order valence-electron chi connectivity index (χ3n) is 2.02. The predicted octanol–water partition coefficient (Wildman–Crippen LogP) is 3.34.